The van der Waals surface area contributed by atoms with E-state index >= 15 is 0 Å². The molecule has 0 radical (unpaired) electrons. The maximum atomic E-state index is 2.71. The lowest BCUT2D eigenvalue weighted by atomic mass is 10.1. The lowest BCUT2D eigenvalue weighted by molar-refractivity contribution is 0.187. The molecule has 0 spiro atoms. The molecule has 0 unspecified atom stereocenters. The van der Waals surface area contributed by atoms with E-state index in [9.17, 15) is 0 Å². The Hall–Kier alpha value is -0.820. The first-order chi connectivity index (χ1) is 8.40. The second-order valence-electron chi connectivity index (χ2n) is 5.25. The quantitative estimate of drug-likeness (QED) is 0.708. The Morgan fingerprint density at radius 2 is 1.82 bits per heavy atom. The highest BCUT2D eigenvalue weighted by Gasteiger charge is 2.21. The van der Waals surface area contributed by atoms with Crippen LogP contribution in [0.1, 0.15) is 51.0 Å². The molecule has 1 aliphatic carbocycles. The van der Waals surface area contributed by atoms with Crippen LogP contribution >= 0.6 is 0 Å². The van der Waals surface area contributed by atoms with Crippen molar-refractivity contribution in [3.63, 3.8) is 0 Å². The van der Waals surface area contributed by atoms with Crippen LogP contribution in [0.25, 0.3) is 0 Å². The molecule has 0 saturated heterocycles. The number of rotatable bonds is 6. The first kappa shape index (κ1) is 12.6. The third-order valence-electron chi connectivity index (χ3n) is 3.87. The summed E-state index contributed by atoms with van der Waals surface area (Å²) in [7, 11) is 0. The van der Waals surface area contributed by atoms with Gasteiger partial charge in [-0.25, -0.2) is 0 Å². The maximum Gasteiger partial charge on any atom is 0.0236 e. The topological polar surface area (TPSA) is 3.24 Å². The van der Waals surface area contributed by atoms with Gasteiger partial charge in [0.05, 0.1) is 0 Å². The molecule has 0 atom stereocenters. The molecule has 94 valence electrons. The van der Waals surface area contributed by atoms with Crippen LogP contribution in [-0.2, 0) is 6.54 Å². The minimum atomic E-state index is 0.849. The fourth-order valence-electron chi connectivity index (χ4n) is 2.84. The van der Waals surface area contributed by atoms with E-state index in [0.29, 0.717) is 0 Å². The second-order valence-corrected chi connectivity index (χ2v) is 5.25. The number of hydrogen-bond acceptors (Lipinski definition) is 1. The van der Waals surface area contributed by atoms with Crippen molar-refractivity contribution in [3.05, 3.63) is 35.9 Å². The van der Waals surface area contributed by atoms with Gasteiger partial charge in [-0.3, -0.25) is 4.90 Å². The Kier molecular flexibility index (Phi) is 5.06. The smallest absolute Gasteiger partial charge is 0.0236 e. The van der Waals surface area contributed by atoms with E-state index in [0.717, 1.165) is 12.6 Å². The van der Waals surface area contributed by atoms with Crippen molar-refractivity contribution in [2.24, 2.45) is 0 Å². The monoisotopic (exact) mass is 231 g/mol. The molecule has 1 aromatic carbocycles. The van der Waals surface area contributed by atoms with Gasteiger partial charge in [-0.15, -0.1) is 0 Å². The number of hydrogen-bond donors (Lipinski definition) is 0. The minimum absolute atomic E-state index is 0.849. The van der Waals surface area contributed by atoms with Gasteiger partial charge in [-0.05, 0) is 31.4 Å². The van der Waals surface area contributed by atoms with Crippen LogP contribution in [0.2, 0.25) is 0 Å². The van der Waals surface area contributed by atoms with Crippen LogP contribution in [0.5, 0.6) is 0 Å². The molecule has 0 amide bonds. The van der Waals surface area contributed by atoms with Crippen LogP contribution < -0.4 is 0 Å². The SMILES string of the molecule is CCCCN(Cc1ccccc1)C1CCCC1. The first-order valence-corrected chi connectivity index (χ1v) is 7.18. The second kappa shape index (κ2) is 6.80. The van der Waals surface area contributed by atoms with E-state index in [1.165, 1.54) is 50.6 Å². The summed E-state index contributed by atoms with van der Waals surface area (Å²) in [6, 6.07) is 11.8. The van der Waals surface area contributed by atoms with Gasteiger partial charge in [-0.2, -0.15) is 0 Å². The molecule has 0 heterocycles. The Balaban J connectivity index is 1.94. The van der Waals surface area contributed by atoms with Crippen molar-refractivity contribution in [1.29, 1.82) is 0 Å². The lowest BCUT2D eigenvalue weighted by Crippen LogP contribution is -2.33. The summed E-state index contributed by atoms with van der Waals surface area (Å²) in [4.78, 5) is 2.71. The zero-order valence-corrected chi connectivity index (χ0v) is 11.1. The number of benzene rings is 1. The summed E-state index contributed by atoms with van der Waals surface area (Å²) in [6.07, 6.45) is 8.33. The van der Waals surface area contributed by atoms with Crippen molar-refractivity contribution in [1.82, 2.24) is 4.90 Å². The van der Waals surface area contributed by atoms with Crippen molar-refractivity contribution >= 4 is 0 Å². The molecule has 1 nitrogen and oxygen atoms in total. The van der Waals surface area contributed by atoms with Crippen molar-refractivity contribution in [2.45, 2.75) is 58.0 Å². The first-order valence-electron chi connectivity index (χ1n) is 7.18. The van der Waals surface area contributed by atoms with Crippen LogP contribution in [0, 0.1) is 0 Å². The van der Waals surface area contributed by atoms with Gasteiger partial charge < -0.3 is 0 Å². The molecule has 1 saturated carbocycles. The third kappa shape index (κ3) is 3.85. The van der Waals surface area contributed by atoms with Gasteiger partial charge in [0.25, 0.3) is 0 Å². The average Bonchev–Trinajstić information content (AvgIpc) is 2.89. The van der Waals surface area contributed by atoms with Gasteiger partial charge in [0.2, 0.25) is 0 Å². The molecule has 0 aliphatic heterocycles. The molecule has 1 aromatic rings. The fraction of sp³-hybridized carbons (Fsp3) is 0.625. The summed E-state index contributed by atoms with van der Waals surface area (Å²) >= 11 is 0. The summed E-state index contributed by atoms with van der Waals surface area (Å²) < 4.78 is 0. The van der Waals surface area contributed by atoms with E-state index < -0.39 is 0 Å². The van der Waals surface area contributed by atoms with Gasteiger partial charge in [-0.1, -0.05) is 56.5 Å². The lowest BCUT2D eigenvalue weighted by Gasteiger charge is -2.28. The predicted molar refractivity (Wildman–Crippen MR) is 74.0 cm³/mol. The highest BCUT2D eigenvalue weighted by atomic mass is 15.2. The Morgan fingerprint density at radius 1 is 1.12 bits per heavy atom. The van der Waals surface area contributed by atoms with Crippen molar-refractivity contribution in [3.8, 4) is 0 Å². The van der Waals surface area contributed by atoms with E-state index in [4.69, 9.17) is 0 Å². The molecule has 1 aliphatic rings. The molecule has 1 fully saturated rings. The van der Waals surface area contributed by atoms with E-state index in [1.54, 1.807) is 0 Å². The van der Waals surface area contributed by atoms with Gasteiger partial charge in [0.1, 0.15) is 0 Å². The molecule has 17 heavy (non-hydrogen) atoms. The Labute approximate surface area is 106 Å². The zero-order chi connectivity index (χ0) is 11.9. The zero-order valence-electron chi connectivity index (χ0n) is 11.1. The summed E-state index contributed by atoms with van der Waals surface area (Å²) in [5, 5.41) is 0. The van der Waals surface area contributed by atoms with Crippen molar-refractivity contribution < 1.29 is 0 Å². The largest absolute Gasteiger partial charge is 0.296 e. The van der Waals surface area contributed by atoms with E-state index in [1.807, 2.05) is 0 Å². The summed E-state index contributed by atoms with van der Waals surface area (Å²) in [5.41, 5.74) is 1.47. The Bertz CT molecular complexity index is 301. The molecule has 0 bridgehead atoms. The highest BCUT2D eigenvalue weighted by Crippen LogP contribution is 2.25. The molecule has 0 aromatic heterocycles. The Morgan fingerprint density at radius 3 is 2.47 bits per heavy atom. The van der Waals surface area contributed by atoms with Gasteiger partial charge in [0, 0.05) is 12.6 Å². The van der Waals surface area contributed by atoms with Crippen LogP contribution in [0.4, 0.5) is 0 Å². The van der Waals surface area contributed by atoms with Gasteiger partial charge >= 0.3 is 0 Å². The fourth-order valence-corrected chi connectivity index (χ4v) is 2.84. The van der Waals surface area contributed by atoms with Crippen LogP contribution in [0.3, 0.4) is 0 Å². The molecular weight excluding hydrogens is 206 g/mol. The standard InChI is InChI=1S/C16H25N/c1-2-3-13-17(16-11-7-8-12-16)14-15-9-5-4-6-10-15/h4-6,9-10,16H,2-3,7-8,11-14H2,1H3. The van der Waals surface area contributed by atoms with Crippen LogP contribution in [0.15, 0.2) is 30.3 Å². The van der Waals surface area contributed by atoms with E-state index in [-0.39, 0.29) is 0 Å². The molecular formula is C16H25N. The van der Waals surface area contributed by atoms with E-state index in [2.05, 4.69) is 42.2 Å². The molecule has 2 rings (SSSR count). The minimum Gasteiger partial charge on any atom is -0.296 e. The number of unbranched alkanes of at least 4 members (excludes halogenated alkanes) is 1. The van der Waals surface area contributed by atoms with Gasteiger partial charge in [0.15, 0.2) is 0 Å². The van der Waals surface area contributed by atoms with Crippen LogP contribution in [-0.4, -0.2) is 17.5 Å². The third-order valence-corrected chi connectivity index (χ3v) is 3.87. The predicted octanol–water partition coefficient (Wildman–Crippen LogP) is 4.23. The van der Waals surface area contributed by atoms with Crippen molar-refractivity contribution in [2.75, 3.05) is 6.54 Å². The number of nitrogens with zero attached hydrogens (tertiary/aromatic N) is 1. The highest BCUT2D eigenvalue weighted by molar-refractivity contribution is 5.14. The average molecular weight is 231 g/mol. The maximum absolute atomic E-state index is 2.71. The molecule has 0 N–H and O–H groups in total. The molecule has 1 heteroatoms. The normalized spacial score (nSPS) is 16.8. The summed E-state index contributed by atoms with van der Waals surface area (Å²) in [6.45, 7) is 4.71. The summed E-state index contributed by atoms with van der Waals surface area (Å²) in [5.74, 6) is 0.